The lowest BCUT2D eigenvalue weighted by Gasteiger charge is -2.22. The van der Waals surface area contributed by atoms with Crippen molar-refractivity contribution in [2.24, 2.45) is 5.92 Å². The van der Waals surface area contributed by atoms with Gasteiger partial charge in [0.05, 0.1) is 24.8 Å². The van der Waals surface area contributed by atoms with E-state index in [1.54, 1.807) is 25.1 Å². The van der Waals surface area contributed by atoms with Crippen molar-refractivity contribution in [3.63, 3.8) is 0 Å². The van der Waals surface area contributed by atoms with E-state index in [-0.39, 0.29) is 12.6 Å². The first-order chi connectivity index (χ1) is 10.7. The van der Waals surface area contributed by atoms with Crippen LogP contribution in [0.25, 0.3) is 0 Å². The molecule has 0 saturated heterocycles. The van der Waals surface area contributed by atoms with Crippen molar-refractivity contribution in [3.05, 3.63) is 18.2 Å². The van der Waals surface area contributed by atoms with Crippen molar-refractivity contribution in [1.29, 1.82) is 0 Å². The Balaban J connectivity index is 2.88. The predicted octanol–water partition coefficient (Wildman–Crippen LogP) is 2.67. The number of nitrogens with one attached hydrogen (secondary N) is 1. The van der Waals surface area contributed by atoms with Gasteiger partial charge in [-0.05, 0) is 26.0 Å². The first-order valence-electron chi connectivity index (χ1n) is 7.34. The van der Waals surface area contributed by atoms with Gasteiger partial charge in [0.2, 0.25) is 0 Å². The predicted molar refractivity (Wildman–Crippen MR) is 87.2 cm³/mol. The Morgan fingerprint density at radius 2 is 1.96 bits per heavy atom. The summed E-state index contributed by atoms with van der Waals surface area (Å²) in [5, 5.41) is 11.6. The third kappa shape index (κ3) is 5.69. The molecular formula is C16H24N2O5. The Morgan fingerprint density at radius 3 is 2.48 bits per heavy atom. The van der Waals surface area contributed by atoms with Crippen LogP contribution < -0.4 is 14.8 Å². The zero-order valence-electron chi connectivity index (χ0n) is 14.1. The van der Waals surface area contributed by atoms with Gasteiger partial charge in [-0.2, -0.15) is 0 Å². The van der Waals surface area contributed by atoms with E-state index in [4.69, 9.17) is 14.6 Å². The summed E-state index contributed by atoms with van der Waals surface area (Å²) in [5.41, 5.74) is 0.470. The first-order valence-corrected chi connectivity index (χ1v) is 7.34. The molecule has 1 aromatic rings. The number of ether oxygens (including phenoxy) is 2. The van der Waals surface area contributed by atoms with E-state index >= 15 is 0 Å². The van der Waals surface area contributed by atoms with Crippen molar-refractivity contribution in [2.45, 2.75) is 26.9 Å². The van der Waals surface area contributed by atoms with Gasteiger partial charge >= 0.3 is 12.0 Å². The van der Waals surface area contributed by atoms with E-state index in [9.17, 15) is 9.59 Å². The number of anilines is 1. The summed E-state index contributed by atoms with van der Waals surface area (Å²) in [6, 6.07) is 4.70. The molecule has 1 atom stereocenters. The van der Waals surface area contributed by atoms with Crippen molar-refractivity contribution in [3.8, 4) is 11.5 Å². The third-order valence-corrected chi connectivity index (χ3v) is 3.11. The first kappa shape index (κ1) is 18.6. The number of carboxylic acids is 1. The van der Waals surface area contributed by atoms with Gasteiger partial charge < -0.3 is 24.8 Å². The van der Waals surface area contributed by atoms with Crippen LogP contribution in [0.3, 0.4) is 0 Å². The number of benzene rings is 1. The van der Waals surface area contributed by atoms with E-state index < -0.39 is 17.9 Å². The monoisotopic (exact) mass is 324 g/mol. The molecule has 2 N–H and O–H groups in total. The highest BCUT2D eigenvalue weighted by molar-refractivity contribution is 5.91. The molecule has 0 saturated carbocycles. The van der Waals surface area contributed by atoms with E-state index in [0.717, 1.165) is 0 Å². The van der Waals surface area contributed by atoms with E-state index in [0.29, 0.717) is 17.2 Å². The van der Waals surface area contributed by atoms with Gasteiger partial charge in [0.15, 0.2) is 0 Å². The van der Waals surface area contributed by atoms with Gasteiger partial charge in [-0.1, -0.05) is 6.92 Å². The van der Waals surface area contributed by atoms with Gasteiger partial charge in [-0.25, -0.2) is 4.79 Å². The highest BCUT2D eigenvalue weighted by Gasteiger charge is 2.19. The van der Waals surface area contributed by atoms with Crippen LogP contribution in [0.4, 0.5) is 10.5 Å². The lowest BCUT2D eigenvalue weighted by atomic mass is 10.2. The average molecular weight is 324 g/mol. The number of carbonyl (C=O) groups excluding carboxylic acids is 1. The van der Waals surface area contributed by atoms with Crippen LogP contribution in [0.1, 0.15) is 20.8 Å². The number of hydrogen-bond donors (Lipinski definition) is 2. The van der Waals surface area contributed by atoms with Crippen LogP contribution in [-0.2, 0) is 4.79 Å². The Kier molecular flexibility index (Phi) is 6.68. The topological polar surface area (TPSA) is 88.1 Å². The molecule has 2 amide bonds. The quantitative estimate of drug-likeness (QED) is 0.805. The number of rotatable bonds is 7. The summed E-state index contributed by atoms with van der Waals surface area (Å²) < 4.78 is 10.8. The van der Waals surface area contributed by atoms with Gasteiger partial charge in [0.1, 0.15) is 11.5 Å². The highest BCUT2D eigenvalue weighted by atomic mass is 16.5. The van der Waals surface area contributed by atoms with Gasteiger partial charge in [0, 0.05) is 19.7 Å². The summed E-state index contributed by atoms with van der Waals surface area (Å²) in [6.45, 7) is 5.42. The molecule has 7 nitrogen and oxygen atoms in total. The zero-order chi connectivity index (χ0) is 17.6. The summed E-state index contributed by atoms with van der Waals surface area (Å²) in [7, 11) is 3.07. The van der Waals surface area contributed by atoms with Crippen LogP contribution in [-0.4, -0.2) is 48.8 Å². The maximum Gasteiger partial charge on any atom is 0.321 e. The van der Waals surface area contributed by atoms with Crippen molar-refractivity contribution in [1.82, 2.24) is 4.90 Å². The third-order valence-electron chi connectivity index (χ3n) is 3.11. The van der Waals surface area contributed by atoms with Gasteiger partial charge in [0.25, 0.3) is 0 Å². The highest BCUT2D eigenvalue weighted by Crippen LogP contribution is 2.30. The van der Waals surface area contributed by atoms with Crippen LogP contribution >= 0.6 is 0 Å². The molecule has 1 rings (SSSR count). The minimum atomic E-state index is -0.949. The molecule has 0 spiro atoms. The van der Waals surface area contributed by atoms with Crippen molar-refractivity contribution >= 4 is 17.7 Å². The number of aliphatic carboxylic acids is 1. The normalized spacial score (nSPS) is 11.7. The number of nitrogens with zero attached hydrogens (tertiary/aromatic N) is 1. The lowest BCUT2D eigenvalue weighted by molar-refractivity contribution is -0.141. The average Bonchev–Trinajstić information content (AvgIpc) is 2.48. The molecule has 0 aliphatic carbocycles. The number of carboxylic acid groups (broad SMARTS) is 1. The fourth-order valence-electron chi connectivity index (χ4n) is 1.87. The molecule has 0 aliphatic rings. The van der Waals surface area contributed by atoms with Crippen LogP contribution in [0, 0.1) is 5.92 Å². The van der Waals surface area contributed by atoms with Crippen molar-refractivity contribution < 1.29 is 24.2 Å². The van der Waals surface area contributed by atoms with Gasteiger partial charge in [-0.15, -0.1) is 0 Å². The fourth-order valence-corrected chi connectivity index (χ4v) is 1.87. The second-order valence-corrected chi connectivity index (χ2v) is 5.58. The molecule has 1 unspecified atom stereocenters. The molecule has 0 fully saturated rings. The molecule has 1 aromatic carbocycles. The van der Waals surface area contributed by atoms with Gasteiger partial charge in [-0.3, -0.25) is 4.79 Å². The van der Waals surface area contributed by atoms with Crippen LogP contribution in [0.2, 0.25) is 0 Å². The molecule has 0 radical (unpaired) electrons. The fraction of sp³-hybridized carbons (Fsp3) is 0.500. The van der Waals surface area contributed by atoms with E-state index in [1.807, 2.05) is 13.8 Å². The Hall–Kier alpha value is -2.44. The molecule has 0 aliphatic heterocycles. The maximum absolute atomic E-state index is 12.2. The largest absolute Gasteiger partial charge is 0.497 e. The van der Waals surface area contributed by atoms with Crippen LogP contribution in [0.15, 0.2) is 18.2 Å². The Labute approximate surface area is 136 Å². The molecular weight excluding hydrogens is 300 g/mol. The number of amides is 2. The molecule has 0 aromatic heterocycles. The van der Waals surface area contributed by atoms with Crippen LogP contribution in [0.5, 0.6) is 11.5 Å². The molecule has 128 valence electrons. The summed E-state index contributed by atoms with van der Waals surface area (Å²) >= 11 is 0. The number of hydrogen-bond acceptors (Lipinski definition) is 4. The molecule has 7 heteroatoms. The van der Waals surface area contributed by atoms with E-state index in [2.05, 4.69) is 5.32 Å². The smallest absolute Gasteiger partial charge is 0.321 e. The Bertz CT molecular complexity index is 559. The lowest BCUT2D eigenvalue weighted by Crippen LogP contribution is -2.36. The second-order valence-electron chi connectivity index (χ2n) is 5.58. The number of methoxy groups -OCH3 is 1. The summed E-state index contributed by atoms with van der Waals surface area (Å²) in [5.74, 6) is -0.496. The maximum atomic E-state index is 12.2. The minimum absolute atomic E-state index is 0.0520. The molecule has 0 heterocycles. The standard InChI is InChI=1S/C16H24N2O5/c1-10(2)23-14-7-6-12(22-5)8-13(14)17-16(21)18(4)9-11(3)15(19)20/h6-8,10-11H,9H2,1-5H3,(H,17,21)(H,19,20). The molecule has 23 heavy (non-hydrogen) atoms. The van der Waals surface area contributed by atoms with E-state index in [1.165, 1.54) is 19.1 Å². The summed E-state index contributed by atoms with van der Waals surface area (Å²) in [6.07, 6.45) is -0.0520. The zero-order valence-corrected chi connectivity index (χ0v) is 14.1. The molecule has 0 bridgehead atoms. The Morgan fingerprint density at radius 1 is 1.30 bits per heavy atom. The number of urea groups is 1. The number of carbonyl (C=O) groups is 2. The second kappa shape index (κ2) is 8.26. The SMILES string of the molecule is COc1ccc(OC(C)C)c(NC(=O)N(C)CC(C)C(=O)O)c1. The minimum Gasteiger partial charge on any atom is -0.497 e. The summed E-state index contributed by atoms with van der Waals surface area (Å²) in [4.78, 5) is 24.4. The van der Waals surface area contributed by atoms with Crippen molar-refractivity contribution in [2.75, 3.05) is 26.0 Å².